The van der Waals surface area contributed by atoms with Crippen LogP contribution >= 0.6 is 22.9 Å². The number of anilines is 1. The number of nitrogens with one attached hydrogen (secondary N) is 1. The van der Waals surface area contributed by atoms with E-state index in [-0.39, 0.29) is 6.04 Å². The van der Waals surface area contributed by atoms with E-state index in [0.29, 0.717) is 5.69 Å². The van der Waals surface area contributed by atoms with Gasteiger partial charge in [-0.3, -0.25) is 0 Å². The van der Waals surface area contributed by atoms with Gasteiger partial charge in [-0.25, -0.2) is 4.98 Å². The number of nitrogens with zero attached hydrogens (tertiary/aromatic N) is 1. The van der Waals surface area contributed by atoms with Crippen LogP contribution in [0.25, 0.3) is 0 Å². The number of hydrogen-bond acceptors (Lipinski definition) is 3. The minimum atomic E-state index is -4.40. The van der Waals surface area contributed by atoms with Crippen molar-refractivity contribution in [1.82, 2.24) is 4.98 Å². The number of pyridine rings is 1. The molecule has 0 radical (unpaired) electrons. The van der Waals surface area contributed by atoms with Gasteiger partial charge in [0.1, 0.15) is 5.69 Å². The van der Waals surface area contributed by atoms with Crippen molar-refractivity contribution >= 4 is 28.6 Å². The molecule has 0 aliphatic heterocycles. The number of hydrogen-bond donors (Lipinski definition) is 1. The van der Waals surface area contributed by atoms with Crippen molar-refractivity contribution in [2.24, 2.45) is 0 Å². The number of halogens is 4. The molecule has 1 N–H and O–H groups in total. The number of aryl methyl sites for hydroxylation is 1. The zero-order valence-corrected chi connectivity index (χ0v) is 11.7. The molecule has 106 valence electrons. The summed E-state index contributed by atoms with van der Waals surface area (Å²) in [6.45, 7) is 0. The summed E-state index contributed by atoms with van der Waals surface area (Å²) in [5.74, 6) is 0. The van der Waals surface area contributed by atoms with Gasteiger partial charge in [-0.05, 0) is 36.6 Å². The summed E-state index contributed by atoms with van der Waals surface area (Å²) in [5, 5.41) is 3.21. The molecule has 0 spiro atoms. The third-order valence-electron chi connectivity index (χ3n) is 3.24. The van der Waals surface area contributed by atoms with Gasteiger partial charge >= 0.3 is 6.18 Å². The normalized spacial score (nSPS) is 18.1. The lowest BCUT2D eigenvalue weighted by atomic mass is 10.1. The minimum Gasteiger partial charge on any atom is -0.377 e. The van der Waals surface area contributed by atoms with E-state index in [2.05, 4.69) is 10.3 Å². The maximum atomic E-state index is 12.4. The first-order valence-electron chi connectivity index (χ1n) is 6.01. The van der Waals surface area contributed by atoms with Crippen molar-refractivity contribution in [2.45, 2.75) is 25.1 Å². The molecule has 0 amide bonds. The second-order valence-corrected chi connectivity index (χ2v) is 6.36. The van der Waals surface area contributed by atoms with Gasteiger partial charge in [0.05, 0.1) is 22.3 Å². The molecule has 0 fully saturated rings. The van der Waals surface area contributed by atoms with Crippen molar-refractivity contribution in [3.8, 4) is 0 Å². The maximum absolute atomic E-state index is 12.4. The molecule has 2 heterocycles. The van der Waals surface area contributed by atoms with Crippen LogP contribution in [0.1, 0.15) is 28.6 Å². The summed E-state index contributed by atoms with van der Waals surface area (Å²) in [6.07, 6.45) is -1.33. The molecule has 2 aromatic heterocycles. The average molecular weight is 319 g/mol. The van der Waals surface area contributed by atoms with Gasteiger partial charge in [-0.1, -0.05) is 11.6 Å². The van der Waals surface area contributed by atoms with Crippen LogP contribution in [0, 0.1) is 0 Å². The van der Waals surface area contributed by atoms with Crippen LogP contribution in [0.15, 0.2) is 24.4 Å². The van der Waals surface area contributed by atoms with Gasteiger partial charge in [-0.15, -0.1) is 11.3 Å². The Labute approximate surface area is 122 Å². The van der Waals surface area contributed by atoms with E-state index in [4.69, 9.17) is 11.6 Å². The Morgan fingerprint density at radius 3 is 2.80 bits per heavy atom. The molecule has 3 rings (SSSR count). The topological polar surface area (TPSA) is 24.9 Å². The van der Waals surface area contributed by atoms with Crippen LogP contribution in [0.5, 0.6) is 0 Å². The summed E-state index contributed by atoms with van der Waals surface area (Å²) in [4.78, 5) is 4.69. The predicted molar refractivity (Wildman–Crippen MR) is 73.3 cm³/mol. The third-order valence-corrected chi connectivity index (χ3v) is 4.58. The van der Waals surface area contributed by atoms with E-state index < -0.39 is 11.9 Å². The van der Waals surface area contributed by atoms with Crippen molar-refractivity contribution in [1.29, 1.82) is 0 Å². The van der Waals surface area contributed by atoms with Crippen LogP contribution in [-0.4, -0.2) is 4.98 Å². The molecule has 1 unspecified atom stereocenters. The van der Waals surface area contributed by atoms with Crippen LogP contribution < -0.4 is 5.32 Å². The molecular weight excluding hydrogens is 309 g/mol. The van der Waals surface area contributed by atoms with Crippen LogP contribution in [-0.2, 0) is 12.6 Å². The molecule has 1 aliphatic carbocycles. The third kappa shape index (κ3) is 2.62. The Hall–Kier alpha value is -1.27. The molecule has 1 aliphatic rings. The standard InChI is InChI=1S/C13H10ClF3N2S/c14-12-5-8-9(2-3-10(8)20-12)19-7-1-4-11(18-6-7)13(15,16)17/h1,4-6,9,19H,2-3H2. The SMILES string of the molecule is FC(F)(F)c1ccc(NC2CCc3sc(Cl)cc32)cn1. The molecule has 0 aromatic carbocycles. The quantitative estimate of drug-likeness (QED) is 0.850. The Kier molecular flexibility index (Phi) is 3.38. The lowest BCUT2D eigenvalue weighted by molar-refractivity contribution is -0.141. The van der Waals surface area contributed by atoms with E-state index in [1.54, 1.807) is 11.3 Å². The first-order valence-corrected chi connectivity index (χ1v) is 7.21. The summed E-state index contributed by atoms with van der Waals surface area (Å²) in [5.41, 5.74) is 0.840. The average Bonchev–Trinajstić information content (AvgIpc) is 2.90. The monoisotopic (exact) mass is 318 g/mol. The first kappa shape index (κ1) is 13.7. The van der Waals surface area contributed by atoms with Crippen molar-refractivity contribution in [3.63, 3.8) is 0 Å². The zero-order chi connectivity index (χ0) is 14.3. The largest absolute Gasteiger partial charge is 0.433 e. The second-order valence-electron chi connectivity index (χ2n) is 4.59. The fraction of sp³-hybridized carbons (Fsp3) is 0.308. The molecule has 2 nitrogen and oxygen atoms in total. The number of thiophene rings is 1. The number of alkyl halides is 3. The summed E-state index contributed by atoms with van der Waals surface area (Å²) >= 11 is 7.53. The van der Waals surface area contributed by atoms with Crippen LogP contribution in [0.4, 0.5) is 18.9 Å². The molecule has 2 aromatic rings. The van der Waals surface area contributed by atoms with E-state index in [1.165, 1.54) is 17.1 Å². The molecule has 0 saturated carbocycles. The Balaban J connectivity index is 1.76. The summed E-state index contributed by atoms with van der Waals surface area (Å²) in [6, 6.07) is 4.40. The van der Waals surface area contributed by atoms with Gasteiger partial charge in [0.2, 0.25) is 0 Å². The number of fused-ring (bicyclic) bond motifs is 1. The molecule has 0 bridgehead atoms. The van der Waals surface area contributed by atoms with Crippen LogP contribution in [0.2, 0.25) is 4.34 Å². The molecule has 20 heavy (non-hydrogen) atoms. The highest BCUT2D eigenvalue weighted by atomic mass is 35.5. The molecule has 7 heteroatoms. The maximum Gasteiger partial charge on any atom is 0.433 e. The fourth-order valence-corrected chi connectivity index (χ4v) is 3.69. The molecule has 1 atom stereocenters. The van der Waals surface area contributed by atoms with Gasteiger partial charge in [0.15, 0.2) is 0 Å². The second kappa shape index (κ2) is 4.93. The highest BCUT2D eigenvalue weighted by molar-refractivity contribution is 7.16. The van der Waals surface area contributed by atoms with E-state index in [9.17, 15) is 13.2 Å². The van der Waals surface area contributed by atoms with Gasteiger partial charge in [-0.2, -0.15) is 13.2 Å². The number of rotatable bonds is 2. The van der Waals surface area contributed by atoms with E-state index in [0.717, 1.165) is 28.8 Å². The lowest BCUT2D eigenvalue weighted by Crippen LogP contribution is -2.10. The zero-order valence-electron chi connectivity index (χ0n) is 10.2. The van der Waals surface area contributed by atoms with Gasteiger partial charge in [0, 0.05) is 4.88 Å². The Morgan fingerprint density at radius 2 is 2.15 bits per heavy atom. The van der Waals surface area contributed by atoms with Gasteiger partial charge in [0.25, 0.3) is 0 Å². The summed E-state index contributed by atoms with van der Waals surface area (Å²) < 4.78 is 38.0. The van der Waals surface area contributed by atoms with Crippen molar-refractivity contribution in [2.75, 3.05) is 5.32 Å². The van der Waals surface area contributed by atoms with E-state index >= 15 is 0 Å². The van der Waals surface area contributed by atoms with E-state index in [1.807, 2.05) is 6.07 Å². The Morgan fingerprint density at radius 1 is 1.35 bits per heavy atom. The number of aromatic nitrogens is 1. The first-order chi connectivity index (χ1) is 9.43. The van der Waals surface area contributed by atoms with Crippen LogP contribution in [0.3, 0.4) is 0 Å². The predicted octanol–water partition coefficient (Wildman–Crippen LogP) is 4.91. The smallest absolute Gasteiger partial charge is 0.377 e. The minimum absolute atomic E-state index is 0.0901. The molecular formula is C13H10ClF3N2S. The molecule has 0 saturated heterocycles. The fourth-order valence-electron chi connectivity index (χ4n) is 2.33. The Bertz CT molecular complexity index is 622. The highest BCUT2D eigenvalue weighted by Gasteiger charge is 2.32. The van der Waals surface area contributed by atoms with Gasteiger partial charge < -0.3 is 5.32 Å². The lowest BCUT2D eigenvalue weighted by Gasteiger charge is -2.14. The highest BCUT2D eigenvalue weighted by Crippen LogP contribution is 2.41. The van der Waals surface area contributed by atoms with Crippen molar-refractivity contribution < 1.29 is 13.2 Å². The van der Waals surface area contributed by atoms with Crippen molar-refractivity contribution in [3.05, 3.63) is 44.9 Å². The summed E-state index contributed by atoms with van der Waals surface area (Å²) in [7, 11) is 0.